The lowest BCUT2D eigenvalue weighted by Gasteiger charge is -2.17. The molecule has 0 saturated heterocycles. The second-order valence-corrected chi connectivity index (χ2v) is 4.22. The molecule has 0 aliphatic carbocycles. The highest BCUT2D eigenvalue weighted by atomic mass is 16.3. The van der Waals surface area contributed by atoms with Crippen LogP contribution in [-0.2, 0) is 0 Å². The summed E-state index contributed by atoms with van der Waals surface area (Å²) in [5, 5.41) is 9.40. The predicted molar refractivity (Wildman–Crippen MR) is 49.6 cm³/mol. The smallest absolute Gasteiger partial charge is 0.0591 e. The van der Waals surface area contributed by atoms with Crippen LogP contribution in [0.5, 0.6) is 0 Å². The molecule has 0 amide bonds. The fourth-order valence-corrected chi connectivity index (χ4v) is 1.09. The van der Waals surface area contributed by atoms with Crippen LogP contribution in [0.25, 0.3) is 0 Å². The third kappa shape index (κ3) is 7.86. The summed E-state index contributed by atoms with van der Waals surface area (Å²) >= 11 is 0. The second kappa shape index (κ2) is 4.76. The van der Waals surface area contributed by atoms with Gasteiger partial charge in [-0.05, 0) is 26.2 Å². The summed E-state index contributed by atoms with van der Waals surface area (Å²) in [6.07, 6.45) is 4.59. The number of aliphatic hydroxyl groups is 1. The zero-order chi connectivity index (χ0) is 8.91. The van der Waals surface area contributed by atoms with Crippen LogP contribution in [0.3, 0.4) is 0 Å². The zero-order valence-corrected chi connectivity index (χ0v) is 8.35. The Balaban J connectivity index is 3.28. The molecule has 0 fully saturated rings. The van der Waals surface area contributed by atoms with Crippen LogP contribution in [-0.4, -0.2) is 10.7 Å². The molecule has 11 heavy (non-hydrogen) atoms. The van der Waals surface area contributed by atoms with Crippen molar-refractivity contribution in [1.82, 2.24) is 0 Å². The van der Waals surface area contributed by atoms with E-state index < -0.39 is 5.60 Å². The van der Waals surface area contributed by atoms with Gasteiger partial charge in [0.2, 0.25) is 0 Å². The van der Waals surface area contributed by atoms with E-state index in [1.54, 1.807) is 0 Å². The summed E-state index contributed by atoms with van der Waals surface area (Å²) in [7, 11) is 0. The number of hydrogen-bond acceptors (Lipinski definition) is 1. The maximum absolute atomic E-state index is 9.40. The molecule has 1 atom stereocenters. The molecule has 0 unspecified atom stereocenters. The van der Waals surface area contributed by atoms with Gasteiger partial charge in [-0.15, -0.1) is 0 Å². The highest BCUT2D eigenvalue weighted by molar-refractivity contribution is 4.65. The minimum atomic E-state index is -0.465. The van der Waals surface area contributed by atoms with Gasteiger partial charge < -0.3 is 5.11 Å². The molecule has 0 rings (SSSR count). The number of rotatable bonds is 5. The molecule has 0 aliphatic heterocycles. The van der Waals surface area contributed by atoms with Crippen molar-refractivity contribution in [3.8, 4) is 0 Å². The van der Waals surface area contributed by atoms with Gasteiger partial charge in [0.25, 0.3) is 0 Å². The van der Waals surface area contributed by atoms with Crippen LogP contribution in [0.15, 0.2) is 0 Å². The summed E-state index contributed by atoms with van der Waals surface area (Å²) in [4.78, 5) is 0. The zero-order valence-electron chi connectivity index (χ0n) is 8.35. The van der Waals surface area contributed by atoms with Crippen molar-refractivity contribution in [2.75, 3.05) is 0 Å². The lowest BCUT2D eigenvalue weighted by molar-refractivity contribution is 0.0670. The normalized spacial score (nSPS) is 15.0. The van der Waals surface area contributed by atoms with Crippen molar-refractivity contribution in [2.24, 2.45) is 5.92 Å². The lowest BCUT2D eigenvalue weighted by Crippen LogP contribution is -2.18. The molecule has 0 radical (unpaired) electrons. The van der Waals surface area contributed by atoms with Gasteiger partial charge >= 0.3 is 0 Å². The van der Waals surface area contributed by atoms with Crippen molar-refractivity contribution in [1.29, 1.82) is 0 Å². The van der Waals surface area contributed by atoms with E-state index in [2.05, 4.69) is 13.8 Å². The van der Waals surface area contributed by atoms with Gasteiger partial charge in [-0.1, -0.05) is 33.1 Å². The van der Waals surface area contributed by atoms with Gasteiger partial charge in [-0.3, -0.25) is 0 Å². The summed E-state index contributed by atoms with van der Waals surface area (Å²) < 4.78 is 0. The average molecular weight is 158 g/mol. The first kappa shape index (κ1) is 11.0. The summed E-state index contributed by atoms with van der Waals surface area (Å²) in [6, 6.07) is 0. The molecular formula is C10H22O. The molecule has 0 saturated carbocycles. The molecule has 0 bridgehead atoms. The molecule has 0 spiro atoms. The Morgan fingerprint density at radius 1 is 1.36 bits per heavy atom. The van der Waals surface area contributed by atoms with Gasteiger partial charge in [-0.2, -0.15) is 0 Å². The van der Waals surface area contributed by atoms with Gasteiger partial charge in [0.15, 0.2) is 0 Å². The number of hydrogen-bond donors (Lipinski definition) is 1. The summed E-state index contributed by atoms with van der Waals surface area (Å²) in [5.41, 5.74) is -0.465. The van der Waals surface area contributed by atoms with Gasteiger partial charge in [0.05, 0.1) is 5.60 Å². The van der Waals surface area contributed by atoms with E-state index in [9.17, 15) is 5.11 Å². The third-order valence-corrected chi connectivity index (χ3v) is 2.18. The summed E-state index contributed by atoms with van der Waals surface area (Å²) in [5.74, 6) is 0.817. The summed E-state index contributed by atoms with van der Waals surface area (Å²) in [6.45, 7) is 8.24. The third-order valence-electron chi connectivity index (χ3n) is 2.18. The Morgan fingerprint density at radius 2 is 1.91 bits per heavy atom. The molecule has 0 aliphatic rings. The molecule has 1 nitrogen and oxygen atoms in total. The topological polar surface area (TPSA) is 20.2 Å². The van der Waals surface area contributed by atoms with E-state index in [0.29, 0.717) is 0 Å². The average Bonchev–Trinajstić information content (AvgIpc) is 1.85. The maximum Gasteiger partial charge on any atom is 0.0591 e. The molecule has 0 heterocycles. The first-order chi connectivity index (χ1) is 4.95. The van der Waals surface area contributed by atoms with Crippen LogP contribution < -0.4 is 0 Å². The van der Waals surface area contributed by atoms with Gasteiger partial charge in [-0.25, -0.2) is 0 Å². The van der Waals surface area contributed by atoms with E-state index >= 15 is 0 Å². The fraction of sp³-hybridized carbons (Fsp3) is 1.00. The Bertz CT molecular complexity index is 91.5. The largest absolute Gasteiger partial charge is 0.390 e. The molecule has 0 aromatic carbocycles. The lowest BCUT2D eigenvalue weighted by atomic mass is 9.96. The van der Waals surface area contributed by atoms with Crippen molar-refractivity contribution in [3.05, 3.63) is 0 Å². The molecule has 1 N–H and O–H groups in total. The Labute approximate surface area is 70.8 Å². The van der Waals surface area contributed by atoms with Crippen LogP contribution >= 0.6 is 0 Å². The van der Waals surface area contributed by atoms with Crippen molar-refractivity contribution < 1.29 is 5.11 Å². The predicted octanol–water partition coefficient (Wildman–Crippen LogP) is 2.97. The van der Waals surface area contributed by atoms with E-state index in [4.69, 9.17) is 0 Å². The minimum Gasteiger partial charge on any atom is -0.390 e. The monoisotopic (exact) mass is 158 g/mol. The Morgan fingerprint density at radius 3 is 2.27 bits per heavy atom. The SMILES string of the molecule is CC[C@@H](C)CCCC(C)(C)O. The van der Waals surface area contributed by atoms with Crippen LogP contribution in [0.4, 0.5) is 0 Å². The van der Waals surface area contributed by atoms with Crippen LogP contribution in [0.1, 0.15) is 53.4 Å². The van der Waals surface area contributed by atoms with E-state index in [1.807, 2.05) is 13.8 Å². The van der Waals surface area contributed by atoms with Crippen LogP contribution in [0.2, 0.25) is 0 Å². The fourth-order valence-electron chi connectivity index (χ4n) is 1.09. The Hall–Kier alpha value is -0.0400. The first-order valence-corrected chi connectivity index (χ1v) is 4.68. The van der Waals surface area contributed by atoms with E-state index in [-0.39, 0.29) is 0 Å². The minimum absolute atomic E-state index is 0.465. The van der Waals surface area contributed by atoms with Crippen molar-refractivity contribution in [3.63, 3.8) is 0 Å². The highest BCUT2D eigenvalue weighted by Gasteiger charge is 2.11. The van der Waals surface area contributed by atoms with Crippen molar-refractivity contribution >= 4 is 0 Å². The second-order valence-electron chi connectivity index (χ2n) is 4.22. The highest BCUT2D eigenvalue weighted by Crippen LogP contribution is 2.16. The molecule has 1 heteroatoms. The van der Waals surface area contributed by atoms with E-state index in [1.165, 1.54) is 12.8 Å². The van der Waals surface area contributed by atoms with Gasteiger partial charge in [0.1, 0.15) is 0 Å². The van der Waals surface area contributed by atoms with Gasteiger partial charge in [0, 0.05) is 0 Å². The standard InChI is InChI=1S/C10H22O/c1-5-9(2)7-6-8-10(3,4)11/h9,11H,5-8H2,1-4H3/t9-/m1/s1. The Kier molecular flexibility index (Phi) is 4.74. The quantitative estimate of drug-likeness (QED) is 0.652. The maximum atomic E-state index is 9.40. The molecule has 0 aromatic heterocycles. The molecule has 68 valence electrons. The van der Waals surface area contributed by atoms with E-state index in [0.717, 1.165) is 18.8 Å². The first-order valence-electron chi connectivity index (χ1n) is 4.68. The van der Waals surface area contributed by atoms with Crippen LogP contribution in [0, 0.1) is 5.92 Å². The molecular weight excluding hydrogens is 136 g/mol. The molecule has 0 aromatic rings. The van der Waals surface area contributed by atoms with Crippen molar-refractivity contribution in [2.45, 2.75) is 59.0 Å².